The van der Waals surface area contributed by atoms with E-state index < -0.39 is 0 Å². The minimum Gasteiger partial charge on any atom is -0.303 e. The van der Waals surface area contributed by atoms with Gasteiger partial charge in [-0.25, -0.2) is 0 Å². The molecule has 0 spiro atoms. The van der Waals surface area contributed by atoms with Crippen molar-refractivity contribution in [2.45, 2.75) is 47.6 Å². The number of rotatable bonds is 5. The van der Waals surface area contributed by atoms with Crippen molar-refractivity contribution in [3.63, 3.8) is 0 Å². The van der Waals surface area contributed by atoms with Crippen molar-refractivity contribution in [2.24, 2.45) is 17.3 Å². The third-order valence-corrected chi connectivity index (χ3v) is 4.08. The molecule has 0 aliphatic heterocycles. The van der Waals surface area contributed by atoms with E-state index in [1.54, 1.807) is 0 Å². The molecule has 0 heterocycles. The fourth-order valence-corrected chi connectivity index (χ4v) is 2.21. The molecule has 0 aromatic heterocycles. The van der Waals surface area contributed by atoms with Crippen molar-refractivity contribution in [3.8, 4) is 0 Å². The molecule has 1 nitrogen and oxygen atoms in total. The average Bonchev–Trinajstić information content (AvgIpc) is 2.10. The Balaban J connectivity index is 4.28. The van der Waals surface area contributed by atoms with E-state index in [4.69, 9.17) is 0 Å². The highest BCUT2D eigenvalue weighted by Crippen LogP contribution is 2.24. The van der Waals surface area contributed by atoms with Gasteiger partial charge >= 0.3 is 0 Å². The molecule has 2 atom stereocenters. The summed E-state index contributed by atoms with van der Waals surface area (Å²) in [5.74, 6) is 2.40. The maximum absolute atomic E-state index is 4.44. The van der Waals surface area contributed by atoms with Gasteiger partial charge in [0.2, 0.25) is 0 Å². The van der Waals surface area contributed by atoms with E-state index in [0.717, 1.165) is 18.2 Å². The van der Waals surface area contributed by atoms with Gasteiger partial charge in [0.1, 0.15) is 0 Å². The second kappa shape index (κ2) is 6.15. The van der Waals surface area contributed by atoms with E-state index in [9.17, 15) is 0 Å². The second-order valence-electron chi connectivity index (χ2n) is 6.17. The molecule has 0 rings (SSSR count). The Morgan fingerprint density at radius 1 is 1.13 bits per heavy atom. The maximum atomic E-state index is 4.44. The van der Waals surface area contributed by atoms with Crippen LogP contribution in [0.15, 0.2) is 0 Å². The van der Waals surface area contributed by atoms with Gasteiger partial charge in [-0.05, 0) is 37.0 Å². The summed E-state index contributed by atoms with van der Waals surface area (Å²) in [7, 11) is 2.23. The molecule has 92 valence electrons. The second-order valence-corrected chi connectivity index (χ2v) is 6.53. The molecule has 15 heavy (non-hydrogen) atoms. The number of hydrogen-bond acceptors (Lipinski definition) is 2. The van der Waals surface area contributed by atoms with Crippen LogP contribution in [0.25, 0.3) is 0 Å². The minimum atomic E-state index is 0.354. The first kappa shape index (κ1) is 15.3. The summed E-state index contributed by atoms with van der Waals surface area (Å²) in [6, 6.07) is 0.610. The summed E-state index contributed by atoms with van der Waals surface area (Å²) < 4.78 is 0. The van der Waals surface area contributed by atoms with Crippen LogP contribution in [-0.4, -0.2) is 30.3 Å². The maximum Gasteiger partial charge on any atom is 0.0112 e. The lowest BCUT2D eigenvalue weighted by Crippen LogP contribution is -2.42. The van der Waals surface area contributed by atoms with Crippen molar-refractivity contribution >= 4 is 12.6 Å². The van der Waals surface area contributed by atoms with Crippen molar-refractivity contribution in [2.75, 3.05) is 19.3 Å². The van der Waals surface area contributed by atoms with Crippen molar-refractivity contribution in [1.82, 2.24) is 4.90 Å². The van der Waals surface area contributed by atoms with Crippen LogP contribution in [0.5, 0.6) is 0 Å². The molecule has 0 aromatic carbocycles. The molecular formula is C13H29NS. The Bertz CT molecular complexity index is 172. The third kappa shape index (κ3) is 5.26. The van der Waals surface area contributed by atoms with Crippen LogP contribution in [0, 0.1) is 17.3 Å². The Kier molecular flexibility index (Phi) is 6.27. The lowest BCUT2D eigenvalue weighted by Gasteiger charge is -2.37. The van der Waals surface area contributed by atoms with E-state index in [1.165, 1.54) is 0 Å². The zero-order chi connectivity index (χ0) is 12.2. The monoisotopic (exact) mass is 231 g/mol. The fourth-order valence-electron chi connectivity index (χ4n) is 1.67. The van der Waals surface area contributed by atoms with Crippen LogP contribution in [-0.2, 0) is 0 Å². The molecule has 0 bridgehead atoms. The normalized spacial score (nSPS) is 17.2. The molecule has 0 fully saturated rings. The highest BCUT2D eigenvalue weighted by atomic mass is 32.1. The van der Waals surface area contributed by atoms with Gasteiger partial charge in [0, 0.05) is 12.6 Å². The molecule has 2 heteroatoms. The molecule has 0 radical (unpaired) electrons. The van der Waals surface area contributed by atoms with Gasteiger partial charge < -0.3 is 4.90 Å². The number of nitrogens with zero attached hydrogens (tertiary/aromatic N) is 1. The van der Waals surface area contributed by atoms with Gasteiger partial charge in [0.05, 0.1) is 0 Å². The standard InChI is InChI=1S/C13H29NS/c1-10(2)12(9-15)8-14(7)11(3)13(4,5)6/h10-12,15H,8-9H2,1-7H3. The van der Waals surface area contributed by atoms with Gasteiger partial charge in [-0.15, -0.1) is 0 Å². The van der Waals surface area contributed by atoms with Crippen LogP contribution < -0.4 is 0 Å². The minimum absolute atomic E-state index is 0.354. The molecule has 0 aromatic rings. The average molecular weight is 231 g/mol. The Morgan fingerprint density at radius 2 is 1.60 bits per heavy atom. The topological polar surface area (TPSA) is 3.24 Å². The summed E-state index contributed by atoms with van der Waals surface area (Å²) in [6.45, 7) is 15.0. The van der Waals surface area contributed by atoms with Gasteiger partial charge in [0.25, 0.3) is 0 Å². The smallest absolute Gasteiger partial charge is 0.0112 e. The summed E-state index contributed by atoms with van der Waals surface area (Å²) >= 11 is 4.44. The van der Waals surface area contributed by atoms with Crippen molar-refractivity contribution < 1.29 is 0 Å². The summed E-state index contributed by atoms with van der Waals surface area (Å²) in [5.41, 5.74) is 0.354. The van der Waals surface area contributed by atoms with Gasteiger partial charge in [-0.2, -0.15) is 12.6 Å². The van der Waals surface area contributed by atoms with Gasteiger partial charge in [-0.3, -0.25) is 0 Å². The van der Waals surface area contributed by atoms with Crippen LogP contribution in [0.3, 0.4) is 0 Å². The summed E-state index contributed by atoms with van der Waals surface area (Å²) in [6.07, 6.45) is 0. The van der Waals surface area contributed by atoms with Crippen LogP contribution >= 0.6 is 12.6 Å². The van der Waals surface area contributed by atoms with Crippen LogP contribution in [0.4, 0.5) is 0 Å². The molecule has 2 unspecified atom stereocenters. The van der Waals surface area contributed by atoms with E-state index in [0.29, 0.717) is 17.4 Å². The van der Waals surface area contributed by atoms with Crippen LogP contribution in [0.1, 0.15) is 41.5 Å². The summed E-state index contributed by atoms with van der Waals surface area (Å²) in [5, 5.41) is 0. The van der Waals surface area contributed by atoms with Crippen LogP contribution in [0.2, 0.25) is 0 Å². The van der Waals surface area contributed by atoms with Crippen molar-refractivity contribution in [1.29, 1.82) is 0 Å². The lowest BCUT2D eigenvalue weighted by molar-refractivity contribution is 0.117. The van der Waals surface area contributed by atoms with E-state index >= 15 is 0 Å². The molecule has 0 saturated carbocycles. The molecule has 0 aliphatic rings. The molecular weight excluding hydrogens is 202 g/mol. The summed E-state index contributed by atoms with van der Waals surface area (Å²) in [4.78, 5) is 2.47. The Hall–Kier alpha value is 0.310. The first-order valence-corrected chi connectivity index (χ1v) is 6.64. The van der Waals surface area contributed by atoms with E-state index in [1.807, 2.05) is 0 Å². The number of thiol groups is 1. The predicted octanol–water partition coefficient (Wildman–Crippen LogP) is 3.55. The third-order valence-electron chi connectivity index (χ3n) is 3.61. The Morgan fingerprint density at radius 3 is 1.87 bits per heavy atom. The first-order valence-electron chi connectivity index (χ1n) is 6.01. The molecule has 0 N–H and O–H groups in total. The lowest BCUT2D eigenvalue weighted by atomic mass is 9.86. The number of hydrogen-bond donors (Lipinski definition) is 1. The van der Waals surface area contributed by atoms with E-state index in [2.05, 4.69) is 66.1 Å². The van der Waals surface area contributed by atoms with Gasteiger partial charge in [0.15, 0.2) is 0 Å². The van der Waals surface area contributed by atoms with E-state index in [-0.39, 0.29) is 0 Å². The highest BCUT2D eigenvalue weighted by Gasteiger charge is 2.25. The fraction of sp³-hybridized carbons (Fsp3) is 1.00. The molecule has 0 saturated heterocycles. The van der Waals surface area contributed by atoms with Gasteiger partial charge in [-0.1, -0.05) is 34.6 Å². The largest absolute Gasteiger partial charge is 0.303 e. The first-order chi connectivity index (χ1) is 6.70. The Labute approximate surface area is 102 Å². The molecule has 0 aliphatic carbocycles. The van der Waals surface area contributed by atoms with Crippen molar-refractivity contribution in [3.05, 3.63) is 0 Å². The quantitative estimate of drug-likeness (QED) is 0.708. The highest BCUT2D eigenvalue weighted by molar-refractivity contribution is 7.80. The zero-order valence-electron chi connectivity index (χ0n) is 11.5. The predicted molar refractivity (Wildman–Crippen MR) is 73.7 cm³/mol. The molecule has 0 amide bonds. The zero-order valence-corrected chi connectivity index (χ0v) is 12.4. The SMILES string of the molecule is CC(C)C(CS)CN(C)C(C)C(C)(C)C.